The molecule has 1 aromatic heterocycles. The molecule has 2 aromatic carbocycles. The summed E-state index contributed by atoms with van der Waals surface area (Å²) in [4.78, 5) is 0. The van der Waals surface area contributed by atoms with Crippen LogP contribution in [0.5, 0.6) is 0 Å². The van der Waals surface area contributed by atoms with Gasteiger partial charge in [-0.25, -0.2) is 0 Å². The maximum absolute atomic E-state index is 12.7. The Morgan fingerprint density at radius 1 is 0.963 bits per heavy atom. The van der Waals surface area contributed by atoms with Gasteiger partial charge in [-0.05, 0) is 42.8 Å². The largest absolute Gasteiger partial charge is 0.420 e. The molecule has 7 heteroatoms. The Labute approximate surface area is 155 Å². The van der Waals surface area contributed by atoms with Crippen LogP contribution >= 0.6 is 0 Å². The quantitative estimate of drug-likeness (QED) is 0.578. The molecule has 0 bridgehead atoms. The van der Waals surface area contributed by atoms with E-state index in [0.29, 0.717) is 28.7 Å². The molecule has 0 unspecified atom stereocenters. The molecule has 0 aliphatic heterocycles. The van der Waals surface area contributed by atoms with E-state index in [9.17, 15) is 13.2 Å². The monoisotopic (exact) mass is 375 g/mol. The van der Waals surface area contributed by atoms with E-state index >= 15 is 0 Å². The zero-order valence-electron chi connectivity index (χ0n) is 15.3. The van der Waals surface area contributed by atoms with Crippen molar-refractivity contribution in [1.29, 1.82) is 0 Å². The van der Waals surface area contributed by atoms with Crippen LogP contribution in [0.1, 0.15) is 38.6 Å². The van der Waals surface area contributed by atoms with Gasteiger partial charge in [0.25, 0.3) is 0 Å². The Morgan fingerprint density at radius 3 is 2.26 bits per heavy atom. The first-order chi connectivity index (χ1) is 12.7. The fraction of sp³-hybridized carbons (Fsp3) is 0.300. The zero-order valence-corrected chi connectivity index (χ0v) is 15.3. The summed E-state index contributed by atoms with van der Waals surface area (Å²) in [6, 6.07) is 12.1. The number of anilines is 2. The average Bonchev–Trinajstić information content (AvgIpc) is 3.13. The summed E-state index contributed by atoms with van der Waals surface area (Å²) in [5.74, 6) is 0.908. The second-order valence-corrected chi connectivity index (χ2v) is 6.90. The van der Waals surface area contributed by atoms with Crippen molar-refractivity contribution in [3.05, 3.63) is 60.0 Å². The summed E-state index contributed by atoms with van der Waals surface area (Å²) < 4.78 is 44.0. The van der Waals surface area contributed by atoms with Gasteiger partial charge in [0.2, 0.25) is 11.8 Å². The fourth-order valence-electron chi connectivity index (χ4n) is 2.43. The molecule has 142 valence electrons. The van der Waals surface area contributed by atoms with Crippen molar-refractivity contribution in [2.45, 2.75) is 38.8 Å². The molecule has 0 spiro atoms. The van der Waals surface area contributed by atoms with Gasteiger partial charge in [0.05, 0.1) is 16.8 Å². The maximum Gasteiger partial charge on any atom is 0.416 e. The molecule has 1 N–H and O–H groups in total. The first-order valence-electron chi connectivity index (χ1n) is 8.58. The summed E-state index contributed by atoms with van der Waals surface area (Å²) >= 11 is 0. The van der Waals surface area contributed by atoms with Crippen LogP contribution in [-0.2, 0) is 11.6 Å². The van der Waals surface area contributed by atoms with Crippen LogP contribution in [0.3, 0.4) is 0 Å². The van der Waals surface area contributed by atoms with E-state index in [-0.39, 0.29) is 5.41 Å². The molecule has 3 rings (SSSR count). The highest BCUT2D eigenvalue weighted by molar-refractivity contribution is 5.76. The van der Waals surface area contributed by atoms with Crippen molar-refractivity contribution in [2.75, 3.05) is 5.32 Å². The fourth-order valence-corrected chi connectivity index (χ4v) is 2.43. The lowest BCUT2D eigenvalue weighted by molar-refractivity contribution is -0.137. The van der Waals surface area contributed by atoms with Crippen LogP contribution in [-0.4, -0.2) is 10.2 Å². The second-order valence-electron chi connectivity index (χ2n) is 6.90. The number of rotatable bonds is 5. The first-order valence-corrected chi connectivity index (χ1v) is 8.58. The van der Waals surface area contributed by atoms with E-state index in [4.69, 9.17) is 4.42 Å². The lowest BCUT2D eigenvalue weighted by Gasteiger charge is -2.16. The highest BCUT2D eigenvalue weighted by Crippen LogP contribution is 2.34. The van der Waals surface area contributed by atoms with E-state index in [1.165, 1.54) is 12.1 Å². The highest BCUT2D eigenvalue weighted by Gasteiger charge is 2.30. The molecule has 4 nitrogen and oxygen atoms in total. The van der Waals surface area contributed by atoms with Crippen molar-refractivity contribution >= 4 is 11.4 Å². The molecular formula is C20H20F3N3O. The van der Waals surface area contributed by atoms with E-state index in [1.54, 1.807) is 0 Å². The SMILES string of the molecule is CCC(C)(C)c1nnc(-c2ccccc2Nc2ccc(C(F)(F)F)cc2)o1. The van der Waals surface area contributed by atoms with Crippen LogP contribution in [0, 0.1) is 0 Å². The smallest absolute Gasteiger partial charge is 0.416 e. The molecule has 0 aliphatic carbocycles. The van der Waals surface area contributed by atoms with Crippen LogP contribution in [0.15, 0.2) is 52.9 Å². The molecule has 0 saturated carbocycles. The third kappa shape index (κ3) is 4.13. The molecule has 0 atom stereocenters. The van der Waals surface area contributed by atoms with Gasteiger partial charge in [-0.3, -0.25) is 0 Å². The summed E-state index contributed by atoms with van der Waals surface area (Å²) in [5.41, 5.74) is 0.958. The Kier molecular flexibility index (Phi) is 4.95. The summed E-state index contributed by atoms with van der Waals surface area (Å²) in [7, 11) is 0. The lowest BCUT2D eigenvalue weighted by atomic mass is 9.90. The first kappa shape index (κ1) is 18.9. The second kappa shape index (κ2) is 7.06. The van der Waals surface area contributed by atoms with Crippen molar-refractivity contribution in [3.8, 4) is 11.5 Å². The van der Waals surface area contributed by atoms with Crippen LogP contribution in [0.25, 0.3) is 11.5 Å². The van der Waals surface area contributed by atoms with Crippen molar-refractivity contribution in [1.82, 2.24) is 10.2 Å². The van der Waals surface area contributed by atoms with Crippen LogP contribution in [0.4, 0.5) is 24.5 Å². The molecular weight excluding hydrogens is 355 g/mol. The van der Waals surface area contributed by atoms with E-state index in [1.807, 2.05) is 45.0 Å². The Morgan fingerprint density at radius 2 is 1.63 bits per heavy atom. The molecule has 0 amide bonds. The number of alkyl halides is 3. The predicted molar refractivity (Wildman–Crippen MR) is 97.8 cm³/mol. The Hall–Kier alpha value is -2.83. The maximum atomic E-state index is 12.7. The minimum absolute atomic E-state index is 0.235. The molecule has 0 radical (unpaired) electrons. The number of nitrogens with one attached hydrogen (secondary N) is 1. The lowest BCUT2D eigenvalue weighted by Crippen LogP contribution is -2.15. The van der Waals surface area contributed by atoms with Gasteiger partial charge in [-0.15, -0.1) is 10.2 Å². The minimum atomic E-state index is -4.36. The standard InChI is InChI=1S/C20H20F3N3O/c1-4-19(2,3)18-26-25-17(27-18)15-7-5-6-8-16(15)24-14-11-9-13(10-12-14)20(21,22)23/h5-12,24H,4H2,1-3H3. The van der Waals surface area contributed by atoms with Crippen LogP contribution in [0.2, 0.25) is 0 Å². The zero-order chi connectivity index (χ0) is 19.7. The van der Waals surface area contributed by atoms with E-state index < -0.39 is 11.7 Å². The molecule has 27 heavy (non-hydrogen) atoms. The van der Waals surface area contributed by atoms with E-state index in [2.05, 4.69) is 15.5 Å². The van der Waals surface area contributed by atoms with Gasteiger partial charge in [0.1, 0.15) is 0 Å². The summed E-state index contributed by atoms with van der Waals surface area (Å²) in [6.07, 6.45) is -3.51. The van der Waals surface area contributed by atoms with Gasteiger partial charge < -0.3 is 9.73 Å². The van der Waals surface area contributed by atoms with Gasteiger partial charge in [0.15, 0.2) is 0 Å². The topological polar surface area (TPSA) is 51.0 Å². The molecule has 0 aliphatic rings. The molecule has 0 fully saturated rings. The number of para-hydroxylation sites is 1. The average molecular weight is 375 g/mol. The molecule has 0 saturated heterocycles. The van der Waals surface area contributed by atoms with Crippen molar-refractivity contribution in [2.24, 2.45) is 0 Å². The predicted octanol–water partition coefficient (Wildman–Crippen LogP) is 6.19. The highest BCUT2D eigenvalue weighted by atomic mass is 19.4. The van der Waals surface area contributed by atoms with Gasteiger partial charge in [-0.1, -0.05) is 32.9 Å². The van der Waals surface area contributed by atoms with Gasteiger partial charge in [-0.2, -0.15) is 13.2 Å². The Balaban J connectivity index is 1.89. The minimum Gasteiger partial charge on any atom is -0.420 e. The van der Waals surface area contributed by atoms with Crippen molar-refractivity contribution < 1.29 is 17.6 Å². The molecule has 1 heterocycles. The number of aromatic nitrogens is 2. The summed E-state index contributed by atoms with van der Waals surface area (Å²) in [5, 5.41) is 11.4. The van der Waals surface area contributed by atoms with Crippen LogP contribution < -0.4 is 5.32 Å². The van der Waals surface area contributed by atoms with Crippen molar-refractivity contribution in [3.63, 3.8) is 0 Å². The van der Waals surface area contributed by atoms with E-state index in [0.717, 1.165) is 18.6 Å². The third-order valence-corrected chi connectivity index (χ3v) is 4.54. The molecule has 3 aromatic rings. The Bertz CT molecular complexity index is 915. The number of hydrogen-bond acceptors (Lipinski definition) is 4. The third-order valence-electron chi connectivity index (χ3n) is 4.54. The number of hydrogen-bond donors (Lipinski definition) is 1. The number of nitrogens with zero attached hydrogens (tertiary/aromatic N) is 2. The van der Waals surface area contributed by atoms with Gasteiger partial charge in [0, 0.05) is 11.1 Å². The summed E-state index contributed by atoms with van der Waals surface area (Å²) in [6.45, 7) is 6.09. The normalized spacial score (nSPS) is 12.2. The number of halogens is 3. The van der Waals surface area contributed by atoms with Gasteiger partial charge >= 0.3 is 6.18 Å². The number of benzene rings is 2.